The second-order valence-electron chi connectivity index (χ2n) is 3.08. The lowest BCUT2D eigenvalue weighted by Gasteiger charge is -1.97. The molecular weight excluding hydrogens is 228 g/mol. The minimum atomic E-state index is -0.435. The molecule has 2 rings (SSSR count). The van der Waals surface area contributed by atoms with E-state index >= 15 is 0 Å². The van der Waals surface area contributed by atoms with E-state index in [0.717, 1.165) is 0 Å². The maximum Gasteiger partial charge on any atom is 0.279 e. The highest BCUT2D eigenvalue weighted by Gasteiger charge is 2.16. The summed E-state index contributed by atoms with van der Waals surface area (Å²) in [4.78, 5) is 14.5. The largest absolute Gasteiger partial charge is 0.390 e. The van der Waals surface area contributed by atoms with Crippen LogP contribution in [0.4, 0.5) is 5.69 Å². The Hall–Kier alpha value is -1.79. The maximum absolute atomic E-state index is 10.8. The van der Waals surface area contributed by atoms with Crippen molar-refractivity contribution < 1.29 is 10.0 Å². The van der Waals surface area contributed by atoms with Gasteiger partial charge in [0.2, 0.25) is 0 Å². The van der Waals surface area contributed by atoms with Crippen LogP contribution in [0.1, 0.15) is 5.69 Å². The summed E-state index contributed by atoms with van der Waals surface area (Å²) < 4.78 is 0. The van der Waals surface area contributed by atoms with Crippen LogP contribution in [0.15, 0.2) is 29.6 Å². The molecule has 1 N–H and O–H groups in total. The fourth-order valence-electron chi connectivity index (χ4n) is 1.32. The van der Waals surface area contributed by atoms with Gasteiger partial charge < -0.3 is 5.11 Å². The van der Waals surface area contributed by atoms with E-state index in [4.69, 9.17) is 5.11 Å². The zero-order valence-electron chi connectivity index (χ0n) is 8.16. The van der Waals surface area contributed by atoms with E-state index in [1.54, 1.807) is 23.6 Å². The minimum Gasteiger partial charge on any atom is -0.390 e. The first-order valence-corrected chi connectivity index (χ1v) is 5.39. The number of nitro groups is 1. The van der Waals surface area contributed by atoms with Crippen molar-refractivity contribution in [2.24, 2.45) is 0 Å². The molecule has 1 heterocycles. The van der Waals surface area contributed by atoms with Crippen LogP contribution in [-0.4, -0.2) is 15.0 Å². The Bertz CT molecular complexity index is 524. The van der Waals surface area contributed by atoms with E-state index in [9.17, 15) is 10.1 Å². The van der Waals surface area contributed by atoms with E-state index in [2.05, 4.69) is 4.98 Å². The van der Waals surface area contributed by atoms with Crippen molar-refractivity contribution in [1.29, 1.82) is 0 Å². The van der Waals surface area contributed by atoms with Crippen LogP contribution in [0, 0.1) is 10.1 Å². The molecule has 0 unspecified atom stereocenters. The van der Waals surface area contributed by atoms with Crippen LogP contribution in [0.2, 0.25) is 0 Å². The average Bonchev–Trinajstić information content (AvgIpc) is 2.77. The van der Waals surface area contributed by atoms with Crippen molar-refractivity contribution in [1.82, 2.24) is 4.98 Å². The number of benzene rings is 1. The second-order valence-corrected chi connectivity index (χ2v) is 3.93. The highest BCUT2D eigenvalue weighted by Crippen LogP contribution is 2.31. The number of hydrogen-bond acceptors (Lipinski definition) is 5. The highest BCUT2D eigenvalue weighted by atomic mass is 32.1. The molecule has 82 valence electrons. The molecule has 0 radical (unpaired) electrons. The molecule has 0 spiro atoms. The van der Waals surface area contributed by atoms with E-state index in [0.29, 0.717) is 16.3 Å². The van der Waals surface area contributed by atoms with Gasteiger partial charge in [0.1, 0.15) is 5.01 Å². The summed E-state index contributed by atoms with van der Waals surface area (Å²) in [6.07, 6.45) is 0. The van der Waals surface area contributed by atoms with Crippen LogP contribution in [-0.2, 0) is 6.61 Å². The number of aliphatic hydroxyl groups is 1. The normalized spacial score (nSPS) is 10.3. The number of aromatic nitrogens is 1. The number of nitrogens with zero attached hydrogens (tertiary/aromatic N) is 2. The van der Waals surface area contributed by atoms with Crippen molar-refractivity contribution in [2.45, 2.75) is 6.61 Å². The smallest absolute Gasteiger partial charge is 0.279 e. The molecule has 0 saturated heterocycles. The lowest BCUT2D eigenvalue weighted by atomic mass is 10.2. The van der Waals surface area contributed by atoms with Gasteiger partial charge >= 0.3 is 0 Å². The first-order chi connectivity index (χ1) is 7.72. The van der Waals surface area contributed by atoms with E-state index in [-0.39, 0.29) is 12.3 Å². The Morgan fingerprint density at radius 1 is 1.44 bits per heavy atom. The molecule has 0 atom stereocenters. The summed E-state index contributed by atoms with van der Waals surface area (Å²) in [6, 6.07) is 6.43. The monoisotopic (exact) mass is 236 g/mol. The van der Waals surface area contributed by atoms with Crippen molar-refractivity contribution >= 4 is 17.0 Å². The van der Waals surface area contributed by atoms with Gasteiger partial charge in [0, 0.05) is 11.4 Å². The maximum atomic E-state index is 10.8. The Morgan fingerprint density at radius 2 is 2.19 bits per heavy atom. The molecule has 0 aliphatic heterocycles. The van der Waals surface area contributed by atoms with Gasteiger partial charge in [-0.25, -0.2) is 4.98 Å². The Morgan fingerprint density at radius 3 is 2.81 bits per heavy atom. The lowest BCUT2D eigenvalue weighted by Crippen LogP contribution is -1.91. The molecule has 0 amide bonds. The molecule has 1 aromatic heterocycles. The van der Waals surface area contributed by atoms with Crippen molar-refractivity contribution in [3.8, 4) is 10.6 Å². The Kier molecular flexibility index (Phi) is 2.93. The molecule has 0 saturated carbocycles. The number of aliphatic hydroxyl groups excluding tert-OH is 1. The predicted octanol–water partition coefficient (Wildman–Crippen LogP) is 2.21. The molecule has 5 nitrogen and oxygen atoms in total. The number of rotatable bonds is 3. The van der Waals surface area contributed by atoms with E-state index < -0.39 is 4.92 Å². The fraction of sp³-hybridized carbons (Fsp3) is 0.100. The molecule has 16 heavy (non-hydrogen) atoms. The number of thiazole rings is 1. The molecule has 0 aliphatic rings. The third-order valence-electron chi connectivity index (χ3n) is 2.04. The standard InChI is InChI=1S/C10H8N2O3S/c13-5-7-6-16-10(11-7)8-3-1-2-4-9(8)12(14)15/h1-4,6,13H,5H2. The van der Waals surface area contributed by atoms with Gasteiger partial charge in [-0.15, -0.1) is 11.3 Å². The number of nitro benzene ring substituents is 1. The molecular formula is C10H8N2O3S. The second kappa shape index (κ2) is 4.38. The molecule has 2 aromatic rings. The van der Waals surface area contributed by atoms with Crippen LogP contribution in [0.5, 0.6) is 0 Å². The van der Waals surface area contributed by atoms with Gasteiger partial charge in [-0.05, 0) is 6.07 Å². The number of hydrogen-bond donors (Lipinski definition) is 1. The van der Waals surface area contributed by atoms with Gasteiger partial charge in [-0.1, -0.05) is 12.1 Å². The zero-order chi connectivity index (χ0) is 11.5. The molecule has 0 fully saturated rings. The highest BCUT2D eigenvalue weighted by molar-refractivity contribution is 7.13. The number of para-hydroxylation sites is 1. The molecule has 0 aliphatic carbocycles. The quantitative estimate of drug-likeness (QED) is 0.654. The summed E-state index contributed by atoms with van der Waals surface area (Å²) in [5.41, 5.74) is 1.04. The Labute approximate surface area is 95.2 Å². The van der Waals surface area contributed by atoms with E-state index in [1.807, 2.05) is 0 Å². The van der Waals surface area contributed by atoms with Gasteiger partial charge in [-0.3, -0.25) is 10.1 Å². The van der Waals surface area contributed by atoms with Gasteiger partial charge in [0.15, 0.2) is 0 Å². The van der Waals surface area contributed by atoms with Gasteiger partial charge in [0.25, 0.3) is 5.69 Å². The summed E-state index contributed by atoms with van der Waals surface area (Å²) in [6.45, 7) is -0.156. The first kappa shape index (κ1) is 10.7. The molecule has 1 aromatic carbocycles. The predicted molar refractivity (Wildman–Crippen MR) is 60.1 cm³/mol. The van der Waals surface area contributed by atoms with Crippen molar-refractivity contribution in [3.05, 3.63) is 45.5 Å². The third kappa shape index (κ3) is 1.93. The minimum absolute atomic E-state index is 0.0290. The van der Waals surface area contributed by atoms with Crippen LogP contribution in [0.25, 0.3) is 10.6 Å². The summed E-state index contributed by atoms with van der Waals surface area (Å²) >= 11 is 1.28. The average molecular weight is 236 g/mol. The van der Waals surface area contributed by atoms with Crippen LogP contribution < -0.4 is 0 Å². The summed E-state index contributed by atoms with van der Waals surface area (Å²) in [7, 11) is 0. The molecule has 6 heteroatoms. The summed E-state index contributed by atoms with van der Waals surface area (Å²) in [5.74, 6) is 0. The fourth-order valence-corrected chi connectivity index (χ4v) is 2.16. The third-order valence-corrected chi connectivity index (χ3v) is 2.97. The van der Waals surface area contributed by atoms with E-state index in [1.165, 1.54) is 17.4 Å². The van der Waals surface area contributed by atoms with Gasteiger partial charge in [-0.2, -0.15) is 0 Å². The zero-order valence-corrected chi connectivity index (χ0v) is 8.98. The SMILES string of the molecule is O=[N+]([O-])c1ccccc1-c1nc(CO)cs1. The summed E-state index contributed by atoms with van der Waals surface area (Å²) in [5, 5.41) is 21.9. The first-order valence-electron chi connectivity index (χ1n) is 4.51. The topological polar surface area (TPSA) is 76.3 Å². The van der Waals surface area contributed by atoms with Crippen molar-refractivity contribution in [3.63, 3.8) is 0 Å². The van der Waals surface area contributed by atoms with Crippen molar-refractivity contribution in [2.75, 3.05) is 0 Å². The lowest BCUT2D eigenvalue weighted by molar-refractivity contribution is -0.384. The van der Waals surface area contributed by atoms with Gasteiger partial charge in [0.05, 0.1) is 22.8 Å². The Balaban J connectivity index is 2.50. The molecule has 0 bridgehead atoms. The van der Waals surface area contributed by atoms with Crippen LogP contribution in [0.3, 0.4) is 0 Å². The van der Waals surface area contributed by atoms with Crippen LogP contribution >= 0.6 is 11.3 Å².